The number of fused-ring (bicyclic) bond motifs is 4. The number of aryl methyl sites for hydroxylation is 1. The van der Waals surface area contributed by atoms with Crippen LogP contribution in [-0.2, 0) is 11.8 Å². The summed E-state index contributed by atoms with van der Waals surface area (Å²) in [6.45, 7) is 8.42. The smallest absolute Gasteiger partial charge is 0.138 e. The molecule has 5 heteroatoms. The number of imidazole rings is 1. The van der Waals surface area contributed by atoms with Crippen molar-refractivity contribution in [2.45, 2.75) is 64.8 Å². The van der Waals surface area contributed by atoms with Gasteiger partial charge in [-0.3, -0.25) is 4.40 Å². The molecule has 0 fully saturated rings. The molecule has 4 nitrogen and oxygen atoms in total. The van der Waals surface area contributed by atoms with Gasteiger partial charge in [-0.15, -0.1) is 0 Å². The minimum atomic E-state index is -0.329. The van der Waals surface area contributed by atoms with Crippen LogP contribution in [0.4, 0.5) is 5.82 Å². The standard InChI is InChI=1S/C19H21ClN4.C2H6/c1-3-11-6-4-9-15-23-17-18(24(11)15)22-13-8-5-7-12-16(13)19(17,2)14(20)10-21-12;1-2/h4,6,9-10,13,21-22H,3,5,7-8H2,1-2H3;1-2H3. The number of hydrogen-bond donors (Lipinski definition) is 2. The summed E-state index contributed by atoms with van der Waals surface area (Å²) in [5, 5.41) is 8.04. The third-order valence-electron chi connectivity index (χ3n) is 5.85. The third kappa shape index (κ3) is 2.18. The van der Waals surface area contributed by atoms with E-state index < -0.39 is 0 Å². The Bertz CT molecular complexity index is 923. The normalized spacial score (nSPS) is 26.0. The molecule has 2 atom stereocenters. The van der Waals surface area contributed by atoms with E-state index in [1.54, 1.807) is 0 Å². The van der Waals surface area contributed by atoms with E-state index in [0.717, 1.165) is 41.5 Å². The number of pyridine rings is 1. The predicted octanol–water partition coefficient (Wildman–Crippen LogP) is 5.10. The minimum Gasteiger partial charge on any atom is -0.364 e. The van der Waals surface area contributed by atoms with Gasteiger partial charge in [0.2, 0.25) is 0 Å². The molecule has 2 aliphatic heterocycles. The summed E-state index contributed by atoms with van der Waals surface area (Å²) in [6, 6.07) is 6.68. The first-order chi connectivity index (χ1) is 12.6. The Labute approximate surface area is 160 Å². The summed E-state index contributed by atoms with van der Waals surface area (Å²) in [5.41, 5.74) is 5.70. The lowest BCUT2D eigenvalue weighted by Crippen LogP contribution is -2.47. The molecule has 2 aromatic heterocycles. The summed E-state index contributed by atoms with van der Waals surface area (Å²) in [7, 11) is 0. The fourth-order valence-corrected chi connectivity index (χ4v) is 4.91. The molecule has 2 aromatic rings. The molecule has 0 aromatic carbocycles. The molecule has 0 spiro atoms. The molecule has 0 amide bonds. The fraction of sp³-hybridized carbons (Fsp3) is 0.476. The van der Waals surface area contributed by atoms with E-state index in [1.165, 1.54) is 23.4 Å². The zero-order valence-electron chi connectivity index (χ0n) is 16.0. The van der Waals surface area contributed by atoms with Crippen LogP contribution in [0, 0.1) is 0 Å². The van der Waals surface area contributed by atoms with Crippen molar-refractivity contribution >= 4 is 23.1 Å². The molecular weight excluding hydrogens is 344 g/mol. The highest BCUT2D eigenvalue weighted by molar-refractivity contribution is 6.31. The minimum absolute atomic E-state index is 0.325. The summed E-state index contributed by atoms with van der Waals surface area (Å²) in [5.74, 6) is 1.12. The van der Waals surface area contributed by atoms with Gasteiger partial charge in [0.25, 0.3) is 0 Å². The Balaban J connectivity index is 0.000000814. The summed E-state index contributed by atoms with van der Waals surface area (Å²) in [6.07, 6.45) is 6.36. The van der Waals surface area contributed by atoms with Crippen molar-refractivity contribution in [3.8, 4) is 0 Å². The predicted molar refractivity (Wildman–Crippen MR) is 109 cm³/mol. The highest BCUT2D eigenvalue weighted by Crippen LogP contribution is 2.53. The van der Waals surface area contributed by atoms with E-state index in [0.29, 0.717) is 6.04 Å². The van der Waals surface area contributed by atoms with Gasteiger partial charge in [-0.1, -0.05) is 38.4 Å². The van der Waals surface area contributed by atoms with Gasteiger partial charge in [-0.2, -0.15) is 0 Å². The highest BCUT2D eigenvalue weighted by Gasteiger charge is 2.50. The number of nitrogens with zero attached hydrogens (tertiary/aromatic N) is 2. The molecule has 0 radical (unpaired) electrons. The van der Waals surface area contributed by atoms with Gasteiger partial charge in [0.05, 0.1) is 22.2 Å². The summed E-state index contributed by atoms with van der Waals surface area (Å²) < 4.78 is 2.28. The number of aromatic nitrogens is 2. The number of nitrogens with one attached hydrogen (secondary N) is 2. The Hall–Kier alpha value is -1.94. The van der Waals surface area contributed by atoms with E-state index in [2.05, 4.69) is 47.1 Å². The van der Waals surface area contributed by atoms with Crippen molar-refractivity contribution in [2.24, 2.45) is 0 Å². The van der Waals surface area contributed by atoms with E-state index in [4.69, 9.17) is 16.6 Å². The summed E-state index contributed by atoms with van der Waals surface area (Å²) in [4.78, 5) is 5.01. The third-order valence-corrected chi connectivity index (χ3v) is 6.34. The zero-order valence-corrected chi connectivity index (χ0v) is 16.7. The second-order valence-electron chi connectivity index (χ2n) is 7.12. The van der Waals surface area contributed by atoms with Gasteiger partial charge in [0.1, 0.15) is 11.5 Å². The Morgan fingerprint density at radius 2 is 2.15 bits per heavy atom. The molecule has 0 saturated heterocycles. The number of anilines is 1. The number of allylic oxidation sites excluding steroid dienone is 2. The molecule has 26 heavy (non-hydrogen) atoms. The second-order valence-corrected chi connectivity index (χ2v) is 7.52. The maximum atomic E-state index is 6.76. The van der Waals surface area contributed by atoms with Crippen molar-refractivity contribution in [1.82, 2.24) is 14.7 Å². The van der Waals surface area contributed by atoms with Crippen LogP contribution in [0.3, 0.4) is 0 Å². The first-order valence-electron chi connectivity index (χ1n) is 9.78. The molecule has 138 valence electrons. The molecule has 5 rings (SSSR count). The fourth-order valence-electron chi connectivity index (χ4n) is 4.66. The lowest BCUT2D eigenvalue weighted by molar-refractivity contribution is 0.483. The molecule has 2 N–H and O–H groups in total. The SMILES string of the molecule is CC.CCc1cccc2nc3c(n12)NC1CCCC2=C1C3(C)C(Cl)=CN2. The first kappa shape index (κ1) is 17.5. The maximum absolute atomic E-state index is 6.76. The van der Waals surface area contributed by atoms with Gasteiger partial charge in [0, 0.05) is 17.6 Å². The topological polar surface area (TPSA) is 41.4 Å². The molecule has 1 aliphatic carbocycles. The van der Waals surface area contributed by atoms with E-state index in [-0.39, 0.29) is 5.41 Å². The van der Waals surface area contributed by atoms with E-state index in [9.17, 15) is 0 Å². The number of dihydropyridines is 1. The molecule has 0 bridgehead atoms. The van der Waals surface area contributed by atoms with Crippen LogP contribution in [0.15, 0.2) is 40.7 Å². The van der Waals surface area contributed by atoms with Crippen molar-refractivity contribution < 1.29 is 0 Å². The lowest BCUT2D eigenvalue weighted by atomic mass is 9.67. The first-order valence-corrected chi connectivity index (χ1v) is 10.2. The van der Waals surface area contributed by atoms with Crippen LogP contribution in [0.5, 0.6) is 0 Å². The van der Waals surface area contributed by atoms with Crippen LogP contribution in [0.2, 0.25) is 0 Å². The van der Waals surface area contributed by atoms with E-state index >= 15 is 0 Å². The average molecular weight is 371 g/mol. The molecular formula is C21H27ClN4. The Kier molecular flexibility index (Phi) is 4.26. The van der Waals surface area contributed by atoms with Crippen molar-refractivity contribution in [2.75, 3.05) is 5.32 Å². The van der Waals surface area contributed by atoms with Crippen molar-refractivity contribution in [3.63, 3.8) is 0 Å². The van der Waals surface area contributed by atoms with Crippen LogP contribution in [0.1, 0.15) is 58.3 Å². The Morgan fingerprint density at radius 1 is 1.35 bits per heavy atom. The van der Waals surface area contributed by atoms with Gasteiger partial charge >= 0.3 is 0 Å². The zero-order chi connectivity index (χ0) is 18.5. The molecule has 3 aliphatic rings. The molecule has 0 saturated carbocycles. The monoisotopic (exact) mass is 370 g/mol. The summed E-state index contributed by atoms with van der Waals surface area (Å²) >= 11 is 6.76. The number of halogens is 1. The quantitative estimate of drug-likeness (QED) is 0.734. The largest absolute Gasteiger partial charge is 0.364 e. The van der Waals surface area contributed by atoms with Crippen LogP contribution in [-0.4, -0.2) is 15.4 Å². The lowest BCUT2D eigenvalue weighted by Gasteiger charge is -2.46. The van der Waals surface area contributed by atoms with Crippen molar-refractivity contribution in [1.29, 1.82) is 0 Å². The average Bonchev–Trinajstić information content (AvgIpc) is 3.06. The van der Waals surface area contributed by atoms with E-state index in [1.807, 2.05) is 20.0 Å². The second kappa shape index (κ2) is 6.34. The van der Waals surface area contributed by atoms with Crippen LogP contribution in [0.25, 0.3) is 5.65 Å². The number of rotatable bonds is 1. The van der Waals surface area contributed by atoms with Gasteiger partial charge in [-0.05, 0) is 50.3 Å². The van der Waals surface area contributed by atoms with Gasteiger partial charge < -0.3 is 10.6 Å². The number of hydrogen-bond acceptors (Lipinski definition) is 3. The molecule has 4 heterocycles. The Morgan fingerprint density at radius 3 is 2.92 bits per heavy atom. The van der Waals surface area contributed by atoms with Crippen molar-refractivity contribution in [3.05, 3.63) is 52.1 Å². The van der Waals surface area contributed by atoms with Crippen LogP contribution < -0.4 is 10.6 Å². The van der Waals surface area contributed by atoms with Gasteiger partial charge in [0.15, 0.2) is 0 Å². The maximum Gasteiger partial charge on any atom is 0.138 e. The highest BCUT2D eigenvalue weighted by atomic mass is 35.5. The van der Waals surface area contributed by atoms with Gasteiger partial charge in [-0.25, -0.2) is 4.98 Å². The molecule has 2 unspecified atom stereocenters. The van der Waals surface area contributed by atoms with Crippen LogP contribution >= 0.6 is 11.6 Å².